The zero-order valence-corrected chi connectivity index (χ0v) is 21.1. The Bertz CT molecular complexity index is 1970. The second-order valence-electron chi connectivity index (χ2n) is 9.26. The maximum atomic E-state index is 12.4. The number of rotatable bonds is 5. The molecule has 8 bridgehead atoms. The molecule has 1 aromatic rings. The summed E-state index contributed by atoms with van der Waals surface area (Å²) >= 11 is 0. The average Bonchev–Trinajstić information content (AvgIpc) is 3.72. The summed E-state index contributed by atoms with van der Waals surface area (Å²) in [4.78, 5) is 66.8. The fourth-order valence-electron chi connectivity index (χ4n) is 4.84. The fraction of sp³-hybridized carbons (Fsp3) is 0. The predicted octanol–water partition coefficient (Wildman–Crippen LogP) is 3.90. The molecule has 5 aliphatic heterocycles. The van der Waals surface area contributed by atoms with Gasteiger partial charge < -0.3 is 20.4 Å². The van der Waals surface area contributed by atoms with Crippen LogP contribution >= 0.6 is 0 Å². The van der Waals surface area contributed by atoms with Gasteiger partial charge in [0.25, 0.3) is 0 Å². The van der Waals surface area contributed by atoms with Gasteiger partial charge in [-0.25, -0.2) is 39.1 Å². The molecular formula is C30H16N4O8. The largest absolute Gasteiger partial charge is 0.478 e. The second kappa shape index (κ2) is 9.71. The summed E-state index contributed by atoms with van der Waals surface area (Å²) in [6.45, 7) is 0. The van der Waals surface area contributed by atoms with E-state index in [1.165, 1.54) is 12.2 Å². The van der Waals surface area contributed by atoms with Crippen molar-refractivity contribution in [3.05, 3.63) is 124 Å². The molecule has 42 heavy (non-hydrogen) atoms. The van der Waals surface area contributed by atoms with E-state index < -0.39 is 46.1 Å². The number of aromatic carboxylic acids is 4. The highest BCUT2D eigenvalue weighted by Crippen LogP contribution is 2.35. The standard InChI is InChI=1S/C30H16N4O8/c35-27(36)22-12-21(24(28(37)38)26(30(41)42)25(22)29(39)40)20-10-19-9-17-4-3-15(32-17)7-13-1-2-14(31-13)8-16-5-6-18(33-16)11-23(20)34-19/h1-12H,(H,35,36)(H,37,38)(H,39,40)(H,41,42). The first-order valence-corrected chi connectivity index (χ1v) is 12.2. The van der Waals surface area contributed by atoms with Gasteiger partial charge in [-0.1, -0.05) is 0 Å². The molecule has 0 saturated carbocycles. The summed E-state index contributed by atoms with van der Waals surface area (Å²) in [7, 11) is 0. The van der Waals surface area contributed by atoms with E-state index in [2.05, 4.69) is 20.0 Å². The van der Waals surface area contributed by atoms with Crippen molar-refractivity contribution >= 4 is 52.3 Å². The first-order chi connectivity index (χ1) is 20.1. The van der Waals surface area contributed by atoms with Crippen LogP contribution in [0, 0.1) is 0 Å². The van der Waals surface area contributed by atoms with E-state index in [4.69, 9.17) is 0 Å². The highest BCUT2D eigenvalue weighted by atomic mass is 16.4. The van der Waals surface area contributed by atoms with Crippen LogP contribution in [0.4, 0.5) is 0 Å². The first-order valence-electron chi connectivity index (χ1n) is 12.2. The minimum Gasteiger partial charge on any atom is -0.478 e. The average molecular weight is 560 g/mol. The van der Waals surface area contributed by atoms with E-state index in [0.717, 1.165) is 6.07 Å². The number of benzene rings is 1. The Morgan fingerprint density at radius 1 is 0.476 bits per heavy atom. The Balaban J connectivity index is 1.61. The van der Waals surface area contributed by atoms with E-state index in [-0.39, 0.29) is 16.8 Å². The van der Waals surface area contributed by atoms with Gasteiger partial charge in [-0.2, -0.15) is 0 Å². The molecule has 0 atom stereocenters. The summed E-state index contributed by atoms with van der Waals surface area (Å²) in [5.41, 5.74) is -0.452. The van der Waals surface area contributed by atoms with Crippen molar-refractivity contribution in [1.82, 2.24) is 0 Å². The van der Waals surface area contributed by atoms with Crippen LogP contribution in [0.15, 0.2) is 116 Å². The van der Waals surface area contributed by atoms with E-state index in [1.807, 2.05) is 12.2 Å². The van der Waals surface area contributed by atoms with Crippen LogP contribution in [0.3, 0.4) is 0 Å². The number of hydrogen-bond acceptors (Lipinski definition) is 8. The lowest BCUT2D eigenvalue weighted by atomic mass is 9.86. The molecule has 0 saturated heterocycles. The topological polar surface area (TPSA) is 199 Å². The highest BCUT2D eigenvalue weighted by molar-refractivity contribution is 6.34. The fourth-order valence-corrected chi connectivity index (χ4v) is 4.84. The molecule has 204 valence electrons. The molecule has 0 unspecified atom stereocenters. The van der Waals surface area contributed by atoms with Gasteiger partial charge in [-0.05, 0) is 72.9 Å². The Morgan fingerprint density at radius 3 is 1.43 bits per heavy atom. The third kappa shape index (κ3) is 4.58. The predicted molar refractivity (Wildman–Crippen MR) is 152 cm³/mol. The van der Waals surface area contributed by atoms with Crippen LogP contribution in [0.5, 0.6) is 0 Å². The molecule has 12 heteroatoms. The Hall–Kier alpha value is -6.30. The third-order valence-corrected chi connectivity index (χ3v) is 6.53. The third-order valence-electron chi connectivity index (χ3n) is 6.53. The van der Waals surface area contributed by atoms with Crippen molar-refractivity contribution in [2.75, 3.05) is 0 Å². The lowest BCUT2D eigenvalue weighted by molar-refractivity contribution is 0.0619. The number of nitrogens with zero attached hydrogens (tertiary/aromatic N) is 4. The second-order valence-corrected chi connectivity index (χ2v) is 9.26. The van der Waals surface area contributed by atoms with Crippen molar-refractivity contribution in [1.29, 1.82) is 0 Å². The van der Waals surface area contributed by atoms with Gasteiger partial charge in [0.1, 0.15) is 0 Å². The van der Waals surface area contributed by atoms with Gasteiger partial charge in [-0.3, -0.25) is 0 Å². The molecular weight excluding hydrogens is 544 g/mol. The normalized spacial score (nSPS) is 17.9. The van der Waals surface area contributed by atoms with Gasteiger partial charge in [0.05, 0.1) is 67.9 Å². The number of hydrogen-bond donors (Lipinski definition) is 4. The molecule has 0 aliphatic carbocycles. The van der Waals surface area contributed by atoms with Crippen LogP contribution in [-0.2, 0) is 0 Å². The smallest absolute Gasteiger partial charge is 0.337 e. The first kappa shape index (κ1) is 26.0. The van der Waals surface area contributed by atoms with E-state index in [0.29, 0.717) is 39.9 Å². The number of aliphatic imine (C=N–C) groups is 4. The molecule has 0 fully saturated rings. The number of carboxylic acids is 4. The van der Waals surface area contributed by atoms with Crippen molar-refractivity contribution in [2.45, 2.75) is 0 Å². The van der Waals surface area contributed by atoms with Gasteiger partial charge >= 0.3 is 23.9 Å². The Morgan fingerprint density at radius 2 is 0.952 bits per heavy atom. The lowest BCUT2D eigenvalue weighted by Gasteiger charge is -2.15. The van der Waals surface area contributed by atoms with Crippen LogP contribution < -0.4 is 0 Å². The monoisotopic (exact) mass is 560 g/mol. The minimum absolute atomic E-state index is 0.0543. The quantitative estimate of drug-likeness (QED) is 0.415. The number of allylic oxidation sites excluding steroid dienone is 12. The molecule has 5 heterocycles. The molecule has 1 aromatic carbocycles. The molecule has 0 aromatic heterocycles. The SMILES string of the molecule is O=C(O)c1cc(C2=CC3=CC4=NC(=CC5=NC(=CC6=NC(=CC2=N3)C=C6)C=C5)C=C4)c(C(=O)O)c(C(=O)O)c1C(=O)O. The lowest BCUT2D eigenvalue weighted by Crippen LogP contribution is -2.22. The minimum atomic E-state index is -1.91. The summed E-state index contributed by atoms with van der Waals surface area (Å²) in [5, 5.41) is 39.4. The molecule has 12 nitrogen and oxygen atoms in total. The number of fused-ring (bicyclic) bond motifs is 4. The summed E-state index contributed by atoms with van der Waals surface area (Å²) < 4.78 is 0. The summed E-state index contributed by atoms with van der Waals surface area (Å²) in [6, 6.07) is 0.839. The zero-order chi connectivity index (χ0) is 29.7. The zero-order valence-electron chi connectivity index (χ0n) is 21.1. The highest BCUT2D eigenvalue weighted by Gasteiger charge is 2.35. The van der Waals surface area contributed by atoms with E-state index in [1.54, 1.807) is 42.5 Å². The van der Waals surface area contributed by atoms with Crippen molar-refractivity contribution in [2.24, 2.45) is 20.0 Å². The van der Waals surface area contributed by atoms with E-state index >= 15 is 0 Å². The van der Waals surface area contributed by atoms with Crippen LogP contribution in [0.2, 0.25) is 0 Å². The molecule has 0 spiro atoms. The molecule has 0 radical (unpaired) electrons. The van der Waals surface area contributed by atoms with Crippen molar-refractivity contribution in [3.63, 3.8) is 0 Å². The number of carboxylic acid groups (broad SMARTS) is 4. The Labute approximate surface area is 235 Å². The molecule has 0 amide bonds. The van der Waals surface area contributed by atoms with E-state index in [9.17, 15) is 39.6 Å². The molecule has 4 N–H and O–H groups in total. The number of carbonyl (C=O) groups is 4. The molecule has 5 aliphatic rings. The van der Waals surface area contributed by atoms with Crippen molar-refractivity contribution < 1.29 is 39.6 Å². The Kier molecular flexibility index (Phi) is 6.00. The van der Waals surface area contributed by atoms with Crippen LogP contribution in [-0.4, -0.2) is 67.2 Å². The maximum absolute atomic E-state index is 12.4. The van der Waals surface area contributed by atoms with Gasteiger partial charge in [0.2, 0.25) is 0 Å². The maximum Gasteiger partial charge on any atom is 0.337 e. The van der Waals surface area contributed by atoms with Crippen LogP contribution in [0.25, 0.3) is 5.57 Å². The van der Waals surface area contributed by atoms with Crippen molar-refractivity contribution in [3.8, 4) is 0 Å². The summed E-state index contributed by atoms with van der Waals surface area (Å²) in [5.74, 6) is -7.32. The summed E-state index contributed by atoms with van der Waals surface area (Å²) in [6.07, 6.45) is 18.7. The van der Waals surface area contributed by atoms with Gasteiger partial charge in [-0.15, -0.1) is 0 Å². The van der Waals surface area contributed by atoms with Gasteiger partial charge in [0.15, 0.2) is 0 Å². The van der Waals surface area contributed by atoms with Gasteiger partial charge in [0, 0.05) is 11.1 Å². The van der Waals surface area contributed by atoms with Crippen LogP contribution in [0.1, 0.15) is 47.0 Å². The molecule has 6 rings (SSSR count).